The second-order valence-electron chi connectivity index (χ2n) is 10.3. The summed E-state index contributed by atoms with van der Waals surface area (Å²) in [7, 11) is 0. The molecule has 0 radical (unpaired) electrons. The Bertz CT molecular complexity index is 724. The Hall–Kier alpha value is -1.43. The lowest BCUT2D eigenvalue weighted by Gasteiger charge is -2.48. The fraction of sp³-hybridized carbons (Fsp3) is 0.731. The van der Waals surface area contributed by atoms with Crippen molar-refractivity contribution in [2.45, 2.75) is 75.3 Å². The van der Waals surface area contributed by atoms with Crippen LogP contribution >= 0.6 is 0 Å². The smallest absolute Gasteiger partial charge is 0.241 e. The molecule has 4 aliphatic rings. The fourth-order valence-electron chi connectivity index (χ4n) is 6.77. The number of likely N-dealkylation sites (tertiary alicyclic amines) is 2. The molecule has 3 aliphatic heterocycles. The second kappa shape index (κ2) is 9.60. The third-order valence-electron chi connectivity index (χ3n) is 8.64. The van der Waals surface area contributed by atoms with Gasteiger partial charge in [-0.1, -0.05) is 49.6 Å². The molecule has 2 atom stereocenters. The van der Waals surface area contributed by atoms with Gasteiger partial charge in [-0.3, -0.25) is 14.6 Å². The zero-order valence-corrected chi connectivity index (χ0v) is 19.1. The molecule has 1 amide bonds. The number of amides is 1. The third-order valence-corrected chi connectivity index (χ3v) is 8.64. The molecule has 1 aromatic rings. The zero-order valence-electron chi connectivity index (χ0n) is 19.1. The van der Waals surface area contributed by atoms with E-state index in [2.05, 4.69) is 50.3 Å². The molecular weight excluding hydrogens is 384 g/mol. The Morgan fingerprint density at radius 1 is 0.871 bits per heavy atom. The normalized spacial score (nSPS) is 30.5. The molecule has 5 nitrogen and oxygen atoms in total. The SMILES string of the molecule is O=C1NCN(CCN2CCCCC2)C12CCN([C@@H]1CCCC[C@@H]1c1ccccc1)CC2. The quantitative estimate of drug-likeness (QED) is 0.786. The molecule has 170 valence electrons. The summed E-state index contributed by atoms with van der Waals surface area (Å²) in [6.07, 6.45) is 11.3. The maximum atomic E-state index is 13.0. The highest BCUT2D eigenvalue weighted by Gasteiger charge is 2.51. The van der Waals surface area contributed by atoms with Crippen molar-refractivity contribution in [3.63, 3.8) is 0 Å². The zero-order chi connectivity index (χ0) is 21.1. The monoisotopic (exact) mass is 424 g/mol. The number of hydrogen-bond donors (Lipinski definition) is 1. The Labute approximate surface area is 188 Å². The van der Waals surface area contributed by atoms with Crippen molar-refractivity contribution in [3.8, 4) is 0 Å². The van der Waals surface area contributed by atoms with Crippen LogP contribution in [0.25, 0.3) is 0 Å². The van der Waals surface area contributed by atoms with Gasteiger partial charge < -0.3 is 10.2 Å². The molecule has 1 spiro atoms. The van der Waals surface area contributed by atoms with E-state index in [0.717, 1.165) is 45.7 Å². The van der Waals surface area contributed by atoms with E-state index in [1.54, 1.807) is 0 Å². The summed E-state index contributed by atoms with van der Waals surface area (Å²) in [6.45, 7) is 7.46. The van der Waals surface area contributed by atoms with Crippen LogP contribution in [0.2, 0.25) is 0 Å². The topological polar surface area (TPSA) is 38.8 Å². The molecule has 31 heavy (non-hydrogen) atoms. The maximum Gasteiger partial charge on any atom is 0.241 e. The van der Waals surface area contributed by atoms with Gasteiger partial charge in [0.15, 0.2) is 0 Å². The van der Waals surface area contributed by atoms with Crippen molar-refractivity contribution >= 4 is 5.91 Å². The number of hydrogen-bond acceptors (Lipinski definition) is 4. The largest absolute Gasteiger partial charge is 0.342 e. The van der Waals surface area contributed by atoms with E-state index in [4.69, 9.17) is 0 Å². The number of carbonyl (C=O) groups excluding carboxylic acids is 1. The van der Waals surface area contributed by atoms with E-state index in [1.807, 2.05) is 0 Å². The van der Waals surface area contributed by atoms with E-state index >= 15 is 0 Å². The summed E-state index contributed by atoms with van der Waals surface area (Å²) in [4.78, 5) is 20.8. The molecule has 1 aliphatic carbocycles. The molecule has 0 aromatic heterocycles. The minimum Gasteiger partial charge on any atom is -0.342 e. The van der Waals surface area contributed by atoms with Crippen molar-refractivity contribution in [3.05, 3.63) is 35.9 Å². The molecule has 0 unspecified atom stereocenters. The van der Waals surface area contributed by atoms with E-state index in [1.165, 1.54) is 63.6 Å². The first-order chi connectivity index (χ1) is 15.3. The molecule has 3 heterocycles. The minimum absolute atomic E-state index is 0.261. The van der Waals surface area contributed by atoms with Crippen LogP contribution in [0.3, 0.4) is 0 Å². The Morgan fingerprint density at radius 2 is 1.61 bits per heavy atom. The molecule has 3 saturated heterocycles. The first-order valence-electron chi connectivity index (χ1n) is 12.8. The molecule has 1 saturated carbocycles. The van der Waals surface area contributed by atoms with Gasteiger partial charge in [0.1, 0.15) is 5.54 Å². The van der Waals surface area contributed by atoms with Crippen LogP contribution in [0.4, 0.5) is 0 Å². The van der Waals surface area contributed by atoms with Crippen molar-refractivity contribution in [1.29, 1.82) is 0 Å². The first kappa shape index (κ1) is 21.4. The second-order valence-corrected chi connectivity index (χ2v) is 10.3. The van der Waals surface area contributed by atoms with Gasteiger partial charge in [0.25, 0.3) is 0 Å². The molecule has 1 N–H and O–H groups in total. The molecular formula is C26H40N4O. The van der Waals surface area contributed by atoms with Crippen LogP contribution in [-0.4, -0.2) is 78.1 Å². The standard InChI is InChI=1S/C26H40N4O/c31-25-26(30(21-27-25)20-19-28-15-7-2-8-16-28)13-17-29(18-14-26)24-12-6-5-11-23(24)22-9-3-1-4-10-22/h1,3-4,9-10,23-24H,2,5-8,11-21H2,(H,27,31)/t23-,24-/m1/s1. The number of carbonyl (C=O) groups is 1. The number of nitrogens with one attached hydrogen (secondary N) is 1. The van der Waals surface area contributed by atoms with Gasteiger partial charge in [0, 0.05) is 32.2 Å². The van der Waals surface area contributed by atoms with Gasteiger partial charge in [0.05, 0.1) is 6.67 Å². The maximum absolute atomic E-state index is 13.0. The summed E-state index contributed by atoms with van der Waals surface area (Å²) in [5.41, 5.74) is 1.25. The van der Waals surface area contributed by atoms with Crippen LogP contribution in [-0.2, 0) is 4.79 Å². The van der Waals surface area contributed by atoms with Crippen molar-refractivity contribution in [2.75, 3.05) is 45.9 Å². The van der Waals surface area contributed by atoms with Crippen LogP contribution in [0.15, 0.2) is 30.3 Å². The summed E-state index contributed by atoms with van der Waals surface area (Å²) < 4.78 is 0. The van der Waals surface area contributed by atoms with E-state index in [9.17, 15) is 4.79 Å². The van der Waals surface area contributed by atoms with Crippen LogP contribution in [0.1, 0.15) is 69.3 Å². The molecule has 1 aromatic carbocycles. The predicted octanol–water partition coefficient (Wildman–Crippen LogP) is 3.42. The number of nitrogens with zero attached hydrogens (tertiary/aromatic N) is 3. The Balaban J connectivity index is 1.23. The molecule has 5 rings (SSSR count). The number of piperidine rings is 2. The van der Waals surface area contributed by atoms with E-state index in [0.29, 0.717) is 12.0 Å². The lowest BCUT2D eigenvalue weighted by molar-refractivity contribution is -0.129. The van der Waals surface area contributed by atoms with Gasteiger partial charge in [-0.05, 0) is 63.1 Å². The lowest BCUT2D eigenvalue weighted by Crippen LogP contribution is -2.59. The summed E-state index contributed by atoms with van der Waals surface area (Å²) in [5.74, 6) is 0.936. The van der Waals surface area contributed by atoms with Gasteiger partial charge in [-0.2, -0.15) is 0 Å². The third kappa shape index (κ3) is 4.42. The average Bonchev–Trinajstić information content (AvgIpc) is 3.14. The highest BCUT2D eigenvalue weighted by atomic mass is 16.2. The Morgan fingerprint density at radius 3 is 2.39 bits per heavy atom. The van der Waals surface area contributed by atoms with Crippen molar-refractivity contribution in [2.24, 2.45) is 0 Å². The predicted molar refractivity (Wildman–Crippen MR) is 125 cm³/mol. The van der Waals surface area contributed by atoms with Crippen LogP contribution in [0, 0.1) is 0 Å². The average molecular weight is 425 g/mol. The van der Waals surface area contributed by atoms with Crippen LogP contribution in [0.5, 0.6) is 0 Å². The fourth-order valence-corrected chi connectivity index (χ4v) is 6.77. The van der Waals surface area contributed by atoms with Crippen LogP contribution < -0.4 is 5.32 Å². The summed E-state index contributed by atoms with van der Waals surface area (Å²) >= 11 is 0. The van der Waals surface area contributed by atoms with Gasteiger partial charge in [-0.25, -0.2) is 0 Å². The van der Waals surface area contributed by atoms with Crippen molar-refractivity contribution in [1.82, 2.24) is 20.0 Å². The minimum atomic E-state index is -0.261. The summed E-state index contributed by atoms with van der Waals surface area (Å²) in [5, 5.41) is 3.20. The first-order valence-corrected chi connectivity index (χ1v) is 12.8. The van der Waals surface area contributed by atoms with Crippen molar-refractivity contribution < 1.29 is 4.79 Å². The molecule has 5 heteroatoms. The number of rotatable bonds is 5. The summed E-state index contributed by atoms with van der Waals surface area (Å²) in [6, 6.07) is 11.8. The highest BCUT2D eigenvalue weighted by Crippen LogP contribution is 2.40. The Kier molecular flexibility index (Phi) is 6.63. The molecule has 0 bridgehead atoms. The van der Waals surface area contributed by atoms with Gasteiger partial charge >= 0.3 is 0 Å². The molecule has 4 fully saturated rings. The van der Waals surface area contributed by atoms with E-state index in [-0.39, 0.29) is 11.4 Å². The lowest BCUT2D eigenvalue weighted by atomic mass is 9.77. The highest BCUT2D eigenvalue weighted by molar-refractivity contribution is 5.88. The van der Waals surface area contributed by atoms with Gasteiger partial charge in [-0.15, -0.1) is 0 Å². The number of benzene rings is 1. The van der Waals surface area contributed by atoms with Gasteiger partial charge in [0.2, 0.25) is 5.91 Å². The van der Waals surface area contributed by atoms with E-state index < -0.39 is 0 Å².